The van der Waals surface area contributed by atoms with Gasteiger partial charge in [0.1, 0.15) is 0 Å². The zero-order valence-corrected chi connectivity index (χ0v) is 15.0. The van der Waals surface area contributed by atoms with E-state index in [-0.39, 0.29) is 29.5 Å². The summed E-state index contributed by atoms with van der Waals surface area (Å²) in [6, 6.07) is 4.55. The second kappa shape index (κ2) is 9.57. The number of nitrogens with zero attached hydrogens (tertiary/aromatic N) is 2. The van der Waals surface area contributed by atoms with Crippen LogP contribution in [-0.4, -0.2) is 70.1 Å². The number of sulfonamides is 1. The van der Waals surface area contributed by atoms with Gasteiger partial charge in [0.25, 0.3) is 5.69 Å². The summed E-state index contributed by atoms with van der Waals surface area (Å²) in [5.41, 5.74) is -0.191. The van der Waals surface area contributed by atoms with Crippen LogP contribution in [0.2, 0.25) is 0 Å². The first-order chi connectivity index (χ1) is 12.4. The number of morpholine rings is 1. The molecule has 1 amide bonds. The zero-order valence-electron chi connectivity index (χ0n) is 14.2. The first-order valence-electron chi connectivity index (χ1n) is 8.19. The van der Waals surface area contributed by atoms with Crippen molar-refractivity contribution in [2.24, 2.45) is 0 Å². The number of carbonyl (C=O) groups excluding carboxylic acids is 1. The molecule has 1 aliphatic heterocycles. The molecule has 1 aromatic rings. The van der Waals surface area contributed by atoms with Crippen LogP contribution in [0.4, 0.5) is 5.69 Å². The molecule has 0 aliphatic carbocycles. The average Bonchev–Trinajstić information content (AvgIpc) is 2.62. The predicted molar refractivity (Wildman–Crippen MR) is 93.2 cm³/mol. The van der Waals surface area contributed by atoms with Crippen LogP contribution in [0.15, 0.2) is 29.2 Å². The lowest BCUT2D eigenvalue weighted by Crippen LogP contribution is -2.41. The molecule has 0 spiro atoms. The van der Waals surface area contributed by atoms with Gasteiger partial charge in [0.15, 0.2) is 0 Å². The molecule has 144 valence electrons. The molecule has 0 unspecified atom stereocenters. The number of hydrogen-bond donors (Lipinski definition) is 2. The van der Waals surface area contributed by atoms with E-state index in [1.54, 1.807) is 0 Å². The highest BCUT2D eigenvalue weighted by molar-refractivity contribution is 7.89. The molecule has 10 nitrogen and oxygen atoms in total. The van der Waals surface area contributed by atoms with E-state index >= 15 is 0 Å². The van der Waals surface area contributed by atoms with Crippen LogP contribution in [0.25, 0.3) is 0 Å². The van der Waals surface area contributed by atoms with Gasteiger partial charge in [-0.2, -0.15) is 0 Å². The van der Waals surface area contributed by atoms with Crippen molar-refractivity contribution in [3.8, 4) is 0 Å². The van der Waals surface area contributed by atoms with Gasteiger partial charge in [0.2, 0.25) is 15.9 Å². The van der Waals surface area contributed by atoms with Crippen molar-refractivity contribution >= 4 is 21.6 Å². The second-order valence-electron chi connectivity index (χ2n) is 5.70. The maximum atomic E-state index is 12.1. The number of amides is 1. The zero-order chi connectivity index (χ0) is 19.0. The van der Waals surface area contributed by atoms with Crippen LogP contribution in [0.5, 0.6) is 0 Å². The van der Waals surface area contributed by atoms with Gasteiger partial charge in [0, 0.05) is 51.3 Å². The summed E-state index contributed by atoms with van der Waals surface area (Å²) < 4.78 is 31.7. The fraction of sp³-hybridized carbons (Fsp3) is 0.533. The summed E-state index contributed by atoms with van der Waals surface area (Å²) in [6.45, 7) is 4.23. The Balaban J connectivity index is 1.70. The number of non-ortho nitro benzene ring substituents is 1. The van der Waals surface area contributed by atoms with E-state index in [0.717, 1.165) is 43.9 Å². The third kappa shape index (κ3) is 6.33. The molecule has 1 fully saturated rings. The standard InChI is InChI=1S/C15H22N4O6S/c20-15(16-7-8-18-9-11-25-12-10-18)5-6-17-26(23,24)14-3-1-13(2-4-14)19(21)22/h1-4,17H,5-12H2,(H,16,20). The number of nitro benzene ring substituents is 1. The highest BCUT2D eigenvalue weighted by Gasteiger charge is 2.16. The molecule has 2 rings (SSSR count). The Kier molecular flexibility index (Phi) is 7.45. The number of ether oxygens (including phenoxy) is 1. The van der Waals surface area contributed by atoms with Crippen LogP contribution in [0.3, 0.4) is 0 Å². The van der Waals surface area contributed by atoms with Crippen LogP contribution in [0.1, 0.15) is 6.42 Å². The number of hydrogen-bond acceptors (Lipinski definition) is 7. The molecule has 11 heteroatoms. The lowest BCUT2D eigenvalue weighted by atomic mass is 10.3. The van der Waals surface area contributed by atoms with E-state index in [1.165, 1.54) is 0 Å². The van der Waals surface area contributed by atoms with Crippen molar-refractivity contribution in [1.29, 1.82) is 0 Å². The minimum absolute atomic E-state index is 0.00925. The van der Waals surface area contributed by atoms with Crippen molar-refractivity contribution < 1.29 is 22.9 Å². The molecule has 0 bridgehead atoms. The van der Waals surface area contributed by atoms with Crippen LogP contribution < -0.4 is 10.0 Å². The van der Waals surface area contributed by atoms with Gasteiger partial charge >= 0.3 is 0 Å². The normalized spacial score (nSPS) is 15.5. The highest BCUT2D eigenvalue weighted by Crippen LogP contribution is 2.15. The van der Waals surface area contributed by atoms with Crippen LogP contribution in [-0.2, 0) is 19.6 Å². The van der Waals surface area contributed by atoms with Crippen molar-refractivity contribution in [3.63, 3.8) is 0 Å². The summed E-state index contributed by atoms with van der Waals surface area (Å²) in [5, 5.41) is 13.3. The predicted octanol–water partition coefficient (Wildman–Crippen LogP) is -0.288. The monoisotopic (exact) mass is 386 g/mol. The lowest BCUT2D eigenvalue weighted by molar-refractivity contribution is -0.384. The summed E-state index contributed by atoms with van der Waals surface area (Å²) in [4.78, 5) is 23.8. The molecule has 26 heavy (non-hydrogen) atoms. The summed E-state index contributed by atoms with van der Waals surface area (Å²) in [7, 11) is -3.81. The van der Waals surface area contributed by atoms with Gasteiger partial charge in [-0.3, -0.25) is 19.8 Å². The minimum atomic E-state index is -3.81. The molecule has 0 saturated carbocycles. The van der Waals surface area contributed by atoms with Gasteiger partial charge in [-0.15, -0.1) is 0 Å². The molecule has 0 aromatic heterocycles. The molecular formula is C15H22N4O6S. The highest BCUT2D eigenvalue weighted by atomic mass is 32.2. The maximum Gasteiger partial charge on any atom is 0.269 e. The van der Waals surface area contributed by atoms with Gasteiger partial charge in [-0.1, -0.05) is 0 Å². The van der Waals surface area contributed by atoms with Crippen molar-refractivity contribution in [1.82, 2.24) is 14.9 Å². The third-order valence-corrected chi connectivity index (χ3v) is 5.33. The number of benzene rings is 1. The van der Waals surface area contributed by atoms with Crippen molar-refractivity contribution in [3.05, 3.63) is 34.4 Å². The Hall–Kier alpha value is -2.08. The van der Waals surface area contributed by atoms with E-state index < -0.39 is 14.9 Å². The van der Waals surface area contributed by atoms with Gasteiger partial charge in [-0.05, 0) is 12.1 Å². The molecule has 1 aromatic carbocycles. The van der Waals surface area contributed by atoms with Gasteiger partial charge in [0.05, 0.1) is 23.0 Å². The minimum Gasteiger partial charge on any atom is -0.379 e. The van der Waals surface area contributed by atoms with Crippen molar-refractivity contribution in [2.75, 3.05) is 45.9 Å². The molecule has 2 N–H and O–H groups in total. The van der Waals surface area contributed by atoms with Gasteiger partial charge < -0.3 is 10.1 Å². The Morgan fingerprint density at radius 2 is 1.85 bits per heavy atom. The molecule has 0 atom stereocenters. The first kappa shape index (κ1) is 20.2. The quantitative estimate of drug-likeness (QED) is 0.440. The SMILES string of the molecule is O=C(CCNS(=O)(=O)c1ccc([N+](=O)[O-])cc1)NCCN1CCOCC1. The Morgan fingerprint density at radius 3 is 2.46 bits per heavy atom. The fourth-order valence-corrected chi connectivity index (χ4v) is 3.43. The Labute approximate surface area is 151 Å². The topological polar surface area (TPSA) is 131 Å². The van der Waals surface area contributed by atoms with E-state index in [9.17, 15) is 23.3 Å². The molecule has 0 radical (unpaired) electrons. The molecule has 1 saturated heterocycles. The molecule has 1 aliphatic rings. The Bertz CT molecular complexity index is 716. The smallest absolute Gasteiger partial charge is 0.269 e. The van der Waals surface area contributed by atoms with E-state index in [1.807, 2.05) is 0 Å². The first-order valence-corrected chi connectivity index (χ1v) is 9.68. The van der Waals surface area contributed by atoms with Crippen LogP contribution in [0, 0.1) is 10.1 Å². The van der Waals surface area contributed by atoms with Gasteiger partial charge in [-0.25, -0.2) is 13.1 Å². The number of rotatable bonds is 9. The van der Waals surface area contributed by atoms with E-state index in [0.29, 0.717) is 19.8 Å². The summed E-state index contributed by atoms with van der Waals surface area (Å²) in [6.07, 6.45) is 0.00925. The average molecular weight is 386 g/mol. The molecular weight excluding hydrogens is 364 g/mol. The third-order valence-electron chi connectivity index (χ3n) is 3.86. The molecule has 1 heterocycles. The second-order valence-corrected chi connectivity index (χ2v) is 7.47. The number of nitro groups is 1. The van der Waals surface area contributed by atoms with E-state index in [4.69, 9.17) is 4.74 Å². The lowest BCUT2D eigenvalue weighted by Gasteiger charge is -2.26. The summed E-state index contributed by atoms with van der Waals surface area (Å²) in [5.74, 6) is -0.246. The maximum absolute atomic E-state index is 12.1. The summed E-state index contributed by atoms with van der Waals surface area (Å²) >= 11 is 0. The number of nitrogens with one attached hydrogen (secondary N) is 2. The van der Waals surface area contributed by atoms with E-state index in [2.05, 4.69) is 14.9 Å². The fourth-order valence-electron chi connectivity index (χ4n) is 2.40. The van der Waals surface area contributed by atoms with Crippen molar-refractivity contribution in [2.45, 2.75) is 11.3 Å². The Morgan fingerprint density at radius 1 is 1.19 bits per heavy atom. The largest absolute Gasteiger partial charge is 0.379 e. The number of carbonyl (C=O) groups is 1. The van der Waals surface area contributed by atoms with Crippen LogP contribution >= 0.6 is 0 Å².